The summed E-state index contributed by atoms with van der Waals surface area (Å²) in [6.07, 6.45) is -2.15. The van der Waals surface area contributed by atoms with E-state index < -0.39 is 46.6 Å². The lowest BCUT2D eigenvalue weighted by Crippen LogP contribution is -2.54. The highest BCUT2D eigenvalue weighted by atomic mass is 32.2. The Bertz CT molecular complexity index is 891. The van der Waals surface area contributed by atoms with Gasteiger partial charge in [0.25, 0.3) is 5.69 Å². The maximum atomic E-state index is 15.0. The third kappa shape index (κ3) is 4.00. The van der Waals surface area contributed by atoms with E-state index in [1.165, 1.54) is 11.8 Å². The van der Waals surface area contributed by atoms with Crippen molar-refractivity contribution in [1.82, 2.24) is 4.90 Å². The van der Waals surface area contributed by atoms with Crippen LogP contribution in [0.1, 0.15) is 32.8 Å². The molecule has 0 bridgehead atoms. The molecule has 1 aromatic rings. The summed E-state index contributed by atoms with van der Waals surface area (Å²) in [5.74, 6) is -0.765. The Morgan fingerprint density at radius 2 is 2.20 bits per heavy atom. The number of carboxylic acid groups (broad SMARTS) is 1. The van der Waals surface area contributed by atoms with Crippen molar-refractivity contribution in [3.63, 3.8) is 0 Å². The monoisotopic (exact) mass is 443 g/mol. The van der Waals surface area contributed by atoms with E-state index in [9.17, 15) is 28.8 Å². The Morgan fingerprint density at radius 3 is 2.77 bits per heavy atom. The molecule has 8 nitrogen and oxygen atoms in total. The predicted octanol–water partition coefficient (Wildman–Crippen LogP) is 4.19. The van der Waals surface area contributed by atoms with E-state index in [0.29, 0.717) is 5.75 Å². The first-order chi connectivity index (χ1) is 14.0. The van der Waals surface area contributed by atoms with Gasteiger partial charge in [0, 0.05) is 41.3 Å². The van der Waals surface area contributed by atoms with Gasteiger partial charge in [-0.25, -0.2) is 18.6 Å². The van der Waals surface area contributed by atoms with Crippen LogP contribution >= 0.6 is 11.8 Å². The van der Waals surface area contributed by atoms with E-state index >= 15 is 0 Å². The number of hydrogen-bond donors (Lipinski definition) is 1. The lowest BCUT2D eigenvalue weighted by Gasteiger charge is -2.48. The largest absolute Gasteiger partial charge is 0.465 e. The molecule has 2 heterocycles. The number of fused-ring (bicyclic) bond motifs is 1. The Hall–Kier alpha value is -2.27. The second-order valence-corrected chi connectivity index (χ2v) is 9.34. The van der Waals surface area contributed by atoms with Gasteiger partial charge in [0.15, 0.2) is 5.17 Å². The fourth-order valence-electron chi connectivity index (χ4n) is 3.88. The molecule has 0 aromatic heterocycles. The van der Waals surface area contributed by atoms with Crippen LogP contribution in [0.2, 0.25) is 0 Å². The van der Waals surface area contributed by atoms with Crippen molar-refractivity contribution in [2.45, 2.75) is 44.4 Å². The van der Waals surface area contributed by atoms with E-state index in [2.05, 4.69) is 4.99 Å². The minimum atomic E-state index is -1.37. The van der Waals surface area contributed by atoms with Gasteiger partial charge in [-0.05, 0) is 26.8 Å². The van der Waals surface area contributed by atoms with Crippen LogP contribution in [0.25, 0.3) is 0 Å². The molecule has 0 unspecified atom stereocenters. The molecule has 3 rings (SSSR count). The number of carbonyl (C=O) groups is 1. The van der Waals surface area contributed by atoms with Crippen LogP contribution in [-0.2, 0) is 10.3 Å². The van der Waals surface area contributed by atoms with Gasteiger partial charge < -0.3 is 9.84 Å². The van der Waals surface area contributed by atoms with Gasteiger partial charge in [0.05, 0.1) is 23.2 Å². The second-order valence-electron chi connectivity index (χ2n) is 8.35. The van der Waals surface area contributed by atoms with Gasteiger partial charge in [-0.3, -0.25) is 15.0 Å². The number of ether oxygens (including phenoxy) is 1. The zero-order valence-electron chi connectivity index (χ0n) is 16.8. The SMILES string of the molecule is CC(C)(C)N(C(=O)O)C1=N[C@@]2(c3cc([N+](=O)[O-])ccc3F)C[C@H](CF)OC[C@H]2CS1. The summed E-state index contributed by atoms with van der Waals surface area (Å²) in [5.41, 5.74) is -2.56. The molecule has 1 amide bonds. The molecule has 2 aliphatic heterocycles. The number of aliphatic imine (C=N–C) groups is 1. The molecule has 1 N–H and O–H groups in total. The van der Waals surface area contributed by atoms with Gasteiger partial charge in [-0.15, -0.1) is 0 Å². The summed E-state index contributed by atoms with van der Waals surface area (Å²) >= 11 is 1.20. The highest BCUT2D eigenvalue weighted by Crippen LogP contribution is 2.49. The highest BCUT2D eigenvalue weighted by molar-refractivity contribution is 8.13. The number of alkyl halides is 1. The molecule has 0 aliphatic carbocycles. The lowest BCUT2D eigenvalue weighted by molar-refractivity contribution is -0.385. The van der Waals surface area contributed by atoms with Gasteiger partial charge in [0.1, 0.15) is 12.5 Å². The smallest absolute Gasteiger partial charge is 0.413 e. The van der Waals surface area contributed by atoms with Crippen molar-refractivity contribution < 1.29 is 28.3 Å². The van der Waals surface area contributed by atoms with Crippen LogP contribution in [0, 0.1) is 21.8 Å². The van der Waals surface area contributed by atoms with Crippen LogP contribution in [0.15, 0.2) is 23.2 Å². The molecule has 1 saturated heterocycles. The van der Waals surface area contributed by atoms with Crippen molar-refractivity contribution in [2.75, 3.05) is 19.0 Å². The number of nitro benzene ring substituents is 1. The summed E-state index contributed by atoms with van der Waals surface area (Å²) in [7, 11) is 0. The number of amidine groups is 1. The van der Waals surface area contributed by atoms with E-state index in [1.807, 2.05) is 0 Å². The molecule has 1 aromatic carbocycles. The quantitative estimate of drug-likeness (QED) is 0.555. The Kier molecular flexibility index (Phi) is 6.06. The van der Waals surface area contributed by atoms with Crippen LogP contribution in [0.3, 0.4) is 0 Å². The number of hydrogen-bond acceptors (Lipinski definition) is 6. The van der Waals surface area contributed by atoms with Gasteiger partial charge in [-0.2, -0.15) is 0 Å². The normalized spacial score (nSPS) is 26.5. The van der Waals surface area contributed by atoms with E-state index in [1.54, 1.807) is 20.8 Å². The van der Waals surface area contributed by atoms with Crippen molar-refractivity contribution in [3.05, 3.63) is 39.7 Å². The Morgan fingerprint density at radius 1 is 1.50 bits per heavy atom. The number of amides is 1. The fraction of sp³-hybridized carbons (Fsp3) is 0.579. The summed E-state index contributed by atoms with van der Waals surface area (Å²) < 4.78 is 34.0. The molecule has 2 aliphatic rings. The van der Waals surface area contributed by atoms with Crippen LogP contribution < -0.4 is 0 Å². The third-order valence-electron chi connectivity index (χ3n) is 5.31. The third-order valence-corrected chi connectivity index (χ3v) is 6.41. The summed E-state index contributed by atoms with van der Waals surface area (Å²) in [6.45, 7) is 4.36. The molecule has 11 heteroatoms. The van der Waals surface area contributed by atoms with Crippen LogP contribution in [0.5, 0.6) is 0 Å². The zero-order chi connectivity index (χ0) is 22.3. The predicted molar refractivity (Wildman–Crippen MR) is 108 cm³/mol. The number of non-ortho nitro benzene ring substituents is 1. The lowest BCUT2D eigenvalue weighted by atomic mass is 9.73. The minimum Gasteiger partial charge on any atom is -0.465 e. The van der Waals surface area contributed by atoms with Crippen molar-refractivity contribution in [3.8, 4) is 0 Å². The fourth-order valence-corrected chi connectivity index (χ4v) is 5.31. The summed E-state index contributed by atoms with van der Waals surface area (Å²) in [4.78, 5) is 28.4. The minimum absolute atomic E-state index is 0.0412. The number of halogens is 2. The van der Waals surface area contributed by atoms with Crippen LogP contribution in [-0.4, -0.2) is 56.9 Å². The number of rotatable bonds is 3. The average molecular weight is 443 g/mol. The van der Waals surface area contributed by atoms with Crippen molar-refractivity contribution >= 4 is 28.7 Å². The summed E-state index contributed by atoms with van der Waals surface area (Å²) in [6, 6.07) is 3.16. The molecule has 164 valence electrons. The zero-order valence-corrected chi connectivity index (χ0v) is 17.6. The van der Waals surface area contributed by atoms with Crippen molar-refractivity contribution in [2.24, 2.45) is 10.9 Å². The number of thioether (sulfide) groups is 1. The molecular weight excluding hydrogens is 420 g/mol. The first kappa shape index (κ1) is 22.4. The second kappa shape index (κ2) is 8.10. The maximum Gasteiger partial charge on any atom is 0.413 e. The number of nitro groups is 1. The highest BCUT2D eigenvalue weighted by Gasteiger charge is 2.51. The van der Waals surface area contributed by atoms with Gasteiger partial charge in [-0.1, -0.05) is 11.8 Å². The van der Waals surface area contributed by atoms with Gasteiger partial charge >= 0.3 is 6.09 Å². The summed E-state index contributed by atoms with van der Waals surface area (Å²) in [5, 5.41) is 21.2. The molecular formula is C19H23F2N3O5S. The molecule has 0 radical (unpaired) electrons. The number of nitrogens with zero attached hydrogens (tertiary/aromatic N) is 3. The maximum absolute atomic E-state index is 15.0. The molecule has 0 spiro atoms. The molecule has 3 atom stereocenters. The standard InChI is InChI=1S/C19H23F2N3O5S/c1-18(2,3)23(17(25)26)16-22-19(7-13(8-20)29-9-11(19)10-30-16)14-6-12(24(27)28)4-5-15(14)21/h4-6,11,13H,7-10H2,1-3H3,(H,25,26)/t11-,13+,19-/m0/s1. The Labute approximate surface area is 176 Å². The topological polar surface area (TPSA) is 105 Å². The van der Waals surface area contributed by atoms with Gasteiger partial charge in [0.2, 0.25) is 0 Å². The first-order valence-electron chi connectivity index (χ1n) is 9.37. The molecule has 1 fully saturated rings. The van der Waals surface area contributed by atoms with E-state index in [4.69, 9.17) is 4.74 Å². The number of benzene rings is 1. The van der Waals surface area contributed by atoms with Crippen molar-refractivity contribution in [1.29, 1.82) is 0 Å². The molecule has 0 saturated carbocycles. The molecule has 30 heavy (non-hydrogen) atoms. The van der Waals surface area contributed by atoms with E-state index in [-0.39, 0.29) is 29.4 Å². The first-order valence-corrected chi connectivity index (χ1v) is 10.4. The van der Waals surface area contributed by atoms with E-state index in [0.717, 1.165) is 23.1 Å². The average Bonchev–Trinajstić information content (AvgIpc) is 2.65. The van der Waals surface area contributed by atoms with Crippen LogP contribution in [0.4, 0.5) is 19.3 Å². The Balaban J connectivity index is 2.24.